The van der Waals surface area contributed by atoms with Crippen LogP contribution in [-0.2, 0) is 6.18 Å². The van der Waals surface area contributed by atoms with Gasteiger partial charge in [-0.15, -0.1) is 0 Å². The molecule has 4 unspecified atom stereocenters. The summed E-state index contributed by atoms with van der Waals surface area (Å²) < 4.78 is 118. The number of alkyl halides is 9. The number of nitrogen functional groups attached to an aromatic ring is 1. The number of nitrogens with two attached hydrogens (primary N) is 1. The zero-order valence-corrected chi connectivity index (χ0v) is 30.7. The van der Waals surface area contributed by atoms with Crippen molar-refractivity contribution in [3.63, 3.8) is 0 Å². The van der Waals surface area contributed by atoms with E-state index in [1.54, 1.807) is 19.0 Å². The number of halogens is 9. The van der Waals surface area contributed by atoms with E-state index >= 15 is 8.78 Å². The van der Waals surface area contributed by atoms with E-state index in [1.165, 1.54) is 0 Å². The quantitative estimate of drug-likeness (QED) is 0.105. The second kappa shape index (κ2) is 12.8. The van der Waals surface area contributed by atoms with Gasteiger partial charge in [-0.25, -0.2) is 0 Å². The van der Waals surface area contributed by atoms with Crippen molar-refractivity contribution < 1.29 is 82.6 Å². The normalized spacial score (nSPS) is 26.9. The SMILES string of the molecule is C[I-]C1C2NC(CNc3nc(OCC4(CN(C)C)CC4(F)F)nc4c(F)c(-c5c(F)c(N)nc(C)c5C(F)(F)F)nc(c34)O[C@H]1C)C[I-]2. The Morgan fingerprint density at radius 3 is 2.48 bits per heavy atom. The van der Waals surface area contributed by atoms with Crippen molar-refractivity contribution in [3.8, 4) is 23.1 Å². The molecule has 0 radical (unpaired) electrons. The summed E-state index contributed by atoms with van der Waals surface area (Å²) in [6, 6.07) is -0.458. The predicted octanol–water partition coefficient (Wildman–Crippen LogP) is -2.09. The number of nitrogens with one attached hydrogen (secondary N) is 2. The van der Waals surface area contributed by atoms with Crippen LogP contribution in [0.15, 0.2) is 0 Å². The summed E-state index contributed by atoms with van der Waals surface area (Å²) in [7, 11) is 3.28. The number of hydrogen-bond acceptors (Lipinski definition) is 10. The molecule has 2 fully saturated rings. The van der Waals surface area contributed by atoms with Crippen LogP contribution in [0.4, 0.5) is 42.4 Å². The van der Waals surface area contributed by atoms with E-state index in [2.05, 4.69) is 35.5 Å². The maximum absolute atomic E-state index is 16.7. The Kier molecular flexibility index (Phi) is 9.48. The van der Waals surface area contributed by atoms with Crippen molar-refractivity contribution in [1.82, 2.24) is 30.2 Å². The van der Waals surface area contributed by atoms with Crippen molar-refractivity contribution >= 4 is 22.5 Å². The average Bonchev–Trinajstić information content (AvgIpc) is 3.27. The van der Waals surface area contributed by atoms with Crippen LogP contribution >= 0.6 is 0 Å². The Morgan fingerprint density at radius 2 is 1.85 bits per heavy atom. The average molecular weight is 912 g/mol. The van der Waals surface area contributed by atoms with E-state index in [0.29, 0.717) is 6.54 Å². The topological polar surface area (TPSA) is 123 Å². The zero-order valence-electron chi connectivity index (χ0n) is 26.4. The van der Waals surface area contributed by atoms with Gasteiger partial charge in [0.05, 0.1) is 0 Å². The fourth-order valence-corrected chi connectivity index (χ4v) is 14.9. The predicted molar refractivity (Wildman–Crippen MR) is 155 cm³/mol. The molecule has 0 aromatic carbocycles. The number of hydrogen-bond donors (Lipinski definition) is 3. The molecule has 1 saturated heterocycles. The second-order valence-corrected chi connectivity index (χ2v) is 18.2. The molecule has 1 saturated carbocycles. The van der Waals surface area contributed by atoms with Gasteiger partial charge in [0.2, 0.25) is 0 Å². The van der Waals surface area contributed by atoms with Gasteiger partial charge in [0, 0.05) is 0 Å². The second-order valence-electron chi connectivity index (χ2n) is 12.4. The van der Waals surface area contributed by atoms with E-state index in [4.69, 9.17) is 15.2 Å². The molecule has 48 heavy (non-hydrogen) atoms. The number of aryl methyl sites for hydroxylation is 1. The molecule has 5 atom stereocenters. The Morgan fingerprint density at radius 1 is 1.15 bits per heavy atom. The molecule has 6 rings (SSSR count). The molecule has 1 aliphatic carbocycles. The third-order valence-corrected chi connectivity index (χ3v) is 16.7. The molecule has 3 aromatic rings. The minimum atomic E-state index is -5.17. The summed E-state index contributed by atoms with van der Waals surface area (Å²) in [5, 5.41) is 6.70. The summed E-state index contributed by atoms with van der Waals surface area (Å²) in [4.78, 5) is 19.9. The number of ether oxygens (including phenoxy) is 2. The van der Waals surface area contributed by atoms with Crippen molar-refractivity contribution in [2.24, 2.45) is 5.41 Å². The number of rotatable bonds is 7. The van der Waals surface area contributed by atoms with Gasteiger partial charge < -0.3 is 0 Å². The maximum atomic E-state index is 16.7. The van der Waals surface area contributed by atoms with E-state index in [1.807, 2.05) is 6.92 Å². The van der Waals surface area contributed by atoms with E-state index in [0.717, 1.165) is 11.4 Å². The molecule has 5 heterocycles. The molecular weight excluding hydrogens is 879 g/mol. The Labute approximate surface area is 292 Å². The summed E-state index contributed by atoms with van der Waals surface area (Å²) in [5.41, 5.74) is -1.05. The third kappa shape index (κ3) is 6.40. The van der Waals surface area contributed by atoms with Crippen LogP contribution < -0.4 is 68.3 Å². The van der Waals surface area contributed by atoms with Crippen LogP contribution in [0.25, 0.3) is 22.2 Å². The first kappa shape index (κ1) is 35.6. The van der Waals surface area contributed by atoms with Gasteiger partial charge in [0.1, 0.15) is 0 Å². The van der Waals surface area contributed by atoms with E-state index in [9.17, 15) is 22.0 Å². The number of nitrogens with zero attached hydrogens (tertiary/aromatic N) is 5. The fourth-order valence-electron chi connectivity index (χ4n) is 6.20. The van der Waals surface area contributed by atoms with Gasteiger partial charge in [-0.05, 0) is 14.1 Å². The van der Waals surface area contributed by atoms with Crippen LogP contribution in [0.5, 0.6) is 11.9 Å². The number of pyridine rings is 2. The van der Waals surface area contributed by atoms with Crippen LogP contribution in [0, 0.1) is 24.0 Å². The molecule has 0 spiro atoms. The van der Waals surface area contributed by atoms with E-state index < -0.39 is 109 Å². The fraction of sp³-hybridized carbons (Fsp3) is 0.586. The monoisotopic (exact) mass is 912 g/mol. The molecule has 10 nitrogen and oxygen atoms in total. The summed E-state index contributed by atoms with van der Waals surface area (Å²) in [6.07, 6.45) is -6.14. The third-order valence-electron chi connectivity index (χ3n) is 8.53. The molecule has 19 heteroatoms. The molecule has 4 N–H and O–H groups in total. The minimum absolute atomic E-state index is 0.0158. The molecule has 3 aromatic heterocycles. The van der Waals surface area contributed by atoms with Crippen LogP contribution in [-0.4, -0.2) is 94.0 Å². The Balaban J connectivity index is 1.58. The molecule has 2 bridgehead atoms. The Hall–Kier alpha value is -2.27. The number of anilines is 2. The molecular formula is C29H33F7I2N8O2-2. The first-order chi connectivity index (χ1) is 22.5. The molecule has 266 valence electrons. The van der Waals surface area contributed by atoms with Gasteiger partial charge in [-0.2, -0.15) is 0 Å². The number of aromatic nitrogens is 4. The van der Waals surface area contributed by atoms with Gasteiger partial charge in [-0.3, -0.25) is 0 Å². The first-order valence-corrected chi connectivity index (χ1v) is 21.0. The van der Waals surface area contributed by atoms with Crippen molar-refractivity contribution in [2.45, 2.75) is 52.5 Å². The van der Waals surface area contributed by atoms with Gasteiger partial charge >= 0.3 is 279 Å². The zero-order chi connectivity index (χ0) is 34.9. The first-order valence-electron chi connectivity index (χ1n) is 14.8. The number of fused-ring (bicyclic) bond motifs is 2. The van der Waals surface area contributed by atoms with Crippen LogP contribution in [0.3, 0.4) is 0 Å². The van der Waals surface area contributed by atoms with Crippen molar-refractivity contribution in [1.29, 1.82) is 0 Å². The van der Waals surface area contributed by atoms with Crippen molar-refractivity contribution in [3.05, 3.63) is 22.9 Å². The van der Waals surface area contributed by atoms with Crippen LogP contribution in [0.1, 0.15) is 24.6 Å². The van der Waals surface area contributed by atoms with Gasteiger partial charge in [-0.1, -0.05) is 0 Å². The Bertz CT molecular complexity index is 1750. The summed E-state index contributed by atoms with van der Waals surface area (Å²) in [5.74, 6) is -7.31. The van der Waals surface area contributed by atoms with Crippen LogP contribution in [0.2, 0.25) is 0 Å². The van der Waals surface area contributed by atoms with Gasteiger partial charge in [0.25, 0.3) is 0 Å². The van der Waals surface area contributed by atoms with Crippen molar-refractivity contribution in [2.75, 3.05) is 54.2 Å². The molecule has 3 aliphatic rings. The molecule has 2 aliphatic heterocycles. The standard InChI is InChI=1S/C29H33F7I2N8O2/c1-11-16(29(34,35)36)14(17(30)23(39)41-11)20-18(31)21-15-24(45-26(44-21)47-10-27(9-46(4)5)8-28(27,32)33)40-7-13-6-38-22(42-13)19(37-3)12(2)48-25(15)43-20/h12-13,19,22,42H,6-10H2,1-5H3,(H2,39,41)(H,40,44,45)/q-2/t12-,13?,19?,22?,27?/m0/s1. The van der Waals surface area contributed by atoms with E-state index in [-0.39, 0.29) is 58.8 Å². The van der Waals surface area contributed by atoms with Gasteiger partial charge in [0.15, 0.2) is 0 Å². The summed E-state index contributed by atoms with van der Waals surface area (Å²) in [6.45, 7) is 2.59. The molecule has 0 amide bonds. The summed E-state index contributed by atoms with van der Waals surface area (Å²) >= 11 is -0.702.